The Balaban J connectivity index is 1.36. The van der Waals surface area contributed by atoms with E-state index in [1.807, 2.05) is 47.4 Å². The summed E-state index contributed by atoms with van der Waals surface area (Å²) in [6.07, 6.45) is 5.97. The van der Waals surface area contributed by atoms with Gasteiger partial charge in [-0.1, -0.05) is 30.3 Å². The molecule has 1 fully saturated rings. The third-order valence-electron chi connectivity index (χ3n) is 6.56. The highest BCUT2D eigenvalue weighted by Crippen LogP contribution is 2.31. The van der Waals surface area contributed by atoms with Crippen molar-refractivity contribution in [2.45, 2.75) is 25.9 Å². The number of nitrogens with zero attached hydrogens (tertiary/aromatic N) is 5. The number of fused-ring (bicyclic) bond motifs is 2. The van der Waals surface area contributed by atoms with Crippen molar-refractivity contribution in [3.05, 3.63) is 79.4 Å². The third kappa shape index (κ3) is 3.43. The lowest BCUT2D eigenvalue weighted by molar-refractivity contribution is 0.432. The molecule has 6 heteroatoms. The van der Waals surface area contributed by atoms with Crippen LogP contribution in [0.4, 0.5) is 5.69 Å². The molecule has 2 aromatic carbocycles. The van der Waals surface area contributed by atoms with Crippen molar-refractivity contribution in [3.8, 4) is 22.3 Å². The molecule has 0 radical (unpaired) electrons. The Kier molecular flexibility index (Phi) is 4.54. The lowest BCUT2D eigenvalue weighted by Crippen LogP contribution is -2.55. The first kappa shape index (κ1) is 18.8. The summed E-state index contributed by atoms with van der Waals surface area (Å²) in [5.74, 6) is 0. The Morgan fingerprint density at radius 3 is 2.48 bits per heavy atom. The molecule has 33 heavy (non-hydrogen) atoms. The van der Waals surface area contributed by atoms with E-state index >= 15 is 0 Å². The van der Waals surface area contributed by atoms with E-state index in [1.54, 1.807) is 6.07 Å². The average molecular weight is 436 g/mol. The Hall–Kier alpha value is -3.77. The SMILES string of the molecule is [2H]c1cc(-c2cnn3cc(-c4ccc(N5[C@H](C)CNC[C@@H]5C)cc4)cnc23)c2ccccc2n1. The van der Waals surface area contributed by atoms with Crippen LogP contribution in [-0.4, -0.2) is 44.8 Å². The first-order valence-electron chi connectivity index (χ1n) is 11.9. The maximum Gasteiger partial charge on any atom is 0.162 e. The molecule has 0 aliphatic carbocycles. The molecular weight excluding hydrogens is 408 g/mol. The van der Waals surface area contributed by atoms with Crippen molar-refractivity contribution in [1.82, 2.24) is 24.9 Å². The summed E-state index contributed by atoms with van der Waals surface area (Å²) in [6, 6.07) is 19.3. The van der Waals surface area contributed by atoms with Gasteiger partial charge < -0.3 is 10.2 Å². The number of hydrogen-bond acceptors (Lipinski definition) is 5. The Bertz CT molecular complexity index is 1480. The minimum absolute atomic E-state index is 0.234. The quantitative estimate of drug-likeness (QED) is 0.441. The van der Waals surface area contributed by atoms with Crippen LogP contribution in [0, 0.1) is 0 Å². The molecule has 0 bridgehead atoms. The Morgan fingerprint density at radius 2 is 1.67 bits per heavy atom. The maximum absolute atomic E-state index is 8.13. The number of piperazine rings is 1. The molecule has 4 heterocycles. The molecule has 6 nitrogen and oxygen atoms in total. The molecule has 0 saturated carbocycles. The number of anilines is 1. The smallest absolute Gasteiger partial charge is 0.162 e. The van der Waals surface area contributed by atoms with Gasteiger partial charge in [-0.25, -0.2) is 9.50 Å². The van der Waals surface area contributed by atoms with Gasteiger partial charge in [-0.05, 0) is 49.2 Å². The molecule has 6 rings (SSSR count). The van der Waals surface area contributed by atoms with Crippen LogP contribution in [0.1, 0.15) is 15.2 Å². The molecule has 164 valence electrons. The fraction of sp³-hybridized carbons (Fsp3) is 0.222. The topological polar surface area (TPSA) is 58.4 Å². The van der Waals surface area contributed by atoms with Gasteiger partial charge in [-0.3, -0.25) is 4.98 Å². The highest BCUT2D eigenvalue weighted by Gasteiger charge is 2.24. The lowest BCUT2D eigenvalue weighted by atomic mass is 10.0. The van der Waals surface area contributed by atoms with Gasteiger partial charge in [0.15, 0.2) is 5.65 Å². The number of benzene rings is 2. The largest absolute Gasteiger partial charge is 0.364 e. The zero-order valence-electron chi connectivity index (χ0n) is 19.7. The van der Waals surface area contributed by atoms with E-state index in [9.17, 15) is 0 Å². The van der Waals surface area contributed by atoms with Gasteiger partial charge in [0.1, 0.15) is 0 Å². The van der Waals surface area contributed by atoms with Crippen LogP contribution in [0.5, 0.6) is 0 Å². The fourth-order valence-electron chi connectivity index (χ4n) is 4.95. The van der Waals surface area contributed by atoms with Crippen molar-refractivity contribution < 1.29 is 1.37 Å². The fourth-order valence-corrected chi connectivity index (χ4v) is 4.95. The molecule has 1 N–H and O–H groups in total. The average Bonchev–Trinajstić information content (AvgIpc) is 3.27. The van der Waals surface area contributed by atoms with Crippen molar-refractivity contribution in [2.75, 3.05) is 18.0 Å². The van der Waals surface area contributed by atoms with Gasteiger partial charge in [0.25, 0.3) is 0 Å². The molecule has 2 atom stereocenters. The van der Waals surface area contributed by atoms with Crippen molar-refractivity contribution in [1.29, 1.82) is 0 Å². The van der Waals surface area contributed by atoms with Crippen molar-refractivity contribution >= 4 is 22.2 Å². The van der Waals surface area contributed by atoms with Crippen molar-refractivity contribution in [2.24, 2.45) is 0 Å². The van der Waals surface area contributed by atoms with E-state index in [2.05, 4.69) is 58.4 Å². The number of rotatable bonds is 3. The first-order chi connectivity index (χ1) is 16.6. The van der Waals surface area contributed by atoms with Crippen LogP contribution in [0.25, 0.3) is 38.8 Å². The molecule has 5 aromatic rings. The van der Waals surface area contributed by atoms with Gasteiger partial charge in [-0.15, -0.1) is 0 Å². The third-order valence-corrected chi connectivity index (χ3v) is 6.56. The standard InChI is InChI=1S/C27H26N6/c1-18-13-28-14-19(2)33(18)22-9-7-20(8-10-22)21-15-30-27-25(16-31-32(27)17-21)23-11-12-29-26-6-4-3-5-24(23)26/h3-12,15-19,28H,13-14H2,1-2H3/t18-,19+/i12D. The number of hydrogen-bond donors (Lipinski definition) is 1. The molecule has 1 saturated heterocycles. The summed E-state index contributed by atoms with van der Waals surface area (Å²) in [5.41, 5.74) is 6.75. The van der Waals surface area contributed by atoms with Crippen molar-refractivity contribution in [3.63, 3.8) is 0 Å². The zero-order valence-corrected chi connectivity index (χ0v) is 18.7. The molecule has 1 aliphatic rings. The molecule has 0 unspecified atom stereocenters. The van der Waals surface area contributed by atoms with E-state index in [0.717, 1.165) is 51.9 Å². The molecule has 0 amide bonds. The van der Waals surface area contributed by atoms with Gasteiger partial charge in [0.2, 0.25) is 0 Å². The Labute approximate surface area is 194 Å². The van der Waals surface area contributed by atoms with Gasteiger partial charge in [0, 0.05) is 65.9 Å². The summed E-state index contributed by atoms with van der Waals surface area (Å²) < 4.78 is 9.94. The Morgan fingerprint density at radius 1 is 0.879 bits per heavy atom. The second-order valence-electron chi connectivity index (χ2n) is 8.80. The highest BCUT2D eigenvalue weighted by atomic mass is 15.2. The van der Waals surface area contributed by atoms with E-state index in [4.69, 9.17) is 6.35 Å². The summed E-state index contributed by atoms with van der Waals surface area (Å²) in [5, 5.41) is 9.07. The predicted molar refractivity (Wildman–Crippen MR) is 133 cm³/mol. The van der Waals surface area contributed by atoms with Crippen LogP contribution in [0.2, 0.25) is 0 Å². The molecule has 3 aromatic heterocycles. The first-order valence-corrected chi connectivity index (χ1v) is 11.4. The van der Waals surface area contributed by atoms with Crippen LogP contribution in [0.3, 0.4) is 0 Å². The van der Waals surface area contributed by atoms with E-state index in [-0.39, 0.29) is 6.17 Å². The van der Waals surface area contributed by atoms with Crippen LogP contribution >= 0.6 is 0 Å². The van der Waals surface area contributed by atoms with E-state index in [0.29, 0.717) is 12.1 Å². The van der Waals surface area contributed by atoms with E-state index < -0.39 is 0 Å². The number of nitrogens with one attached hydrogen (secondary N) is 1. The second-order valence-corrected chi connectivity index (χ2v) is 8.80. The van der Waals surface area contributed by atoms with Crippen LogP contribution in [-0.2, 0) is 0 Å². The predicted octanol–water partition coefficient (Wildman–Crippen LogP) is 4.80. The number of para-hydroxylation sites is 1. The summed E-state index contributed by atoms with van der Waals surface area (Å²) in [6.45, 7) is 6.53. The van der Waals surface area contributed by atoms with Crippen LogP contribution < -0.4 is 10.2 Å². The van der Waals surface area contributed by atoms with Gasteiger partial charge in [0.05, 0.1) is 13.1 Å². The van der Waals surface area contributed by atoms with E-state index in [1.165, 1.54) is 5.69 Å². The zero-order chi connectivity index (χ0) is 23.2. The summed E-state index contributed by atoms with van der Waals surface area (Å²) in [4.78, 5) is 11.6. The highest BCUT2D eigenvalue weighted by molar-refractivity contribution is 5.97. The normalized spacial score (nSPS) is 19.2. The molecule has 0 spiro atoms. The minimum Gasteiger partial charge on any atom is -0.364 e. The van der Waals surface area contributed by atoms with Gasteiger partial charge in [-0.2, -0.15) is 5.10 Å². The monoisotopic (exact) mass is 435 g/mol. The lowest BCUT2D eigenvalue weighted by Gasteiger charge is -2.41. The summed E-state index contributed by atoms with van der Waals surface area (Å²) in [7, 11) is 0. The van der Waals surface area contributed by atoms with Crippen LogP contribution in [0.15, 0.2) is 79.4 Å². The van der Waals surface area contributed by atoms with Gasteiger partial charge >= 0.3 is 0 Å². The summed E-state index contributed by atoms with van der Waals surface area (Å²) >= 11 is 0. The molecular formula is C27H26N6. The second kappa shape index (κ2) is 7.98. The molecule has 1 aliphatic heterocycles. The maximum atomic E-state index is 8.13. The number of aromatic nitrogens is 4. The minimum atomic E-state index is 0.234. The number of pyridine rings is 1.